The van der Waals surface area contributed by atoms with E-state index in [4.69, 9.17) is 11.6 Å². The first-order chi connectivity index (χ1) is 10.8. The number of halogens is 1. The first kappa shape index (κ1) is 13.2. The Hall–Kier alpha value is -2.47. The van der Waals surface area contributed by atoms with Crippen LogP contribution in [0.2, 0.25) is 0 Å². The van der Waals surface area contributed by atoms with E-state index in [0.29, 0.717) is 13.1 Å². The standard InChI is InChI=1S/C15H13ClN6/c16-11(9-21-14-7-3-1-5-12(14)17-19-21)10-22-15-8-4-2-6-13(15)18-20-22/h1-8,11H,9-10H2. The van der Waals surface area contributed by atoms with Crippen molar-refractivity contribution in [3.05, 3.63) is 48.5 Å². The zero-order chi connectivity index (χ0) is 14.9. The van der Waals surface area contributed by atoms with E-state index in [9.17, 15) is 0 Å². The van der Waals surface area contributed by atoms with E-state index in [1.807, 2.05) is 57.9 Å². The number of fused-ring (bicyclic) bond motifs is 2. The van der Waals surface area contributed by atoms with Crippen molar-refractivity contribution >= 4 is 33.7 Å². The van der Waals surface area contributed by atoms with Gasteiger partial charge in [-0.1, -0.05) is 34.7 Å². The van der Waals surface area contributed by atoms with Crippen LogP contribution < -0.4 is 0 Å². The van der Waals surface area contributed by atoms with Gasteiger partial charge in [0.25, 0.3) is 0 Å². The second-order valence-electron chi connectivity index (χ2n) is 5.12. The second-order valence-corrected chi connectivity index (χ2v) is 5.74. The van der Waals surface area contributed by atoms with Gasteiger partial charge in [0.1, 0.15) is 11.0 Å². The highest BCUT2D eigenvalue weighted by Gasteiger charge is 2.13. The van der Waals surface area contributed by atoms with Gasteiger partial charge in [0.2, 0.25) is 0 Å². The zero-order valence-electron chi connectivity index (χ0n) is 11.7. The van der Waals surface area contributed by atoms with Gasteiger partial charge in [0, 0.05) is 0 Å². The second kappa shape index (κ2) is 5.38. The van der Waals surface area contributed by atoms with Crippen LogP contribution in [0.3, 0.4) is 0 Å². The fraction of sp³-hybridized carbons (Fsp3) is 0.200. The number of hydrogen-bond donors (Lipinski definition) is 0. The fourth-order valence-electron chi connectivity index (χ4n) is 2.54. The maximum Gasteiger partial charge on any atom is 0.113 e. The SMILES string of the molecule is ClC(Cn1nnc2ccccc21)Cn1nnc2ccccc21. The highest BCUT2D eigenvalue weighted by molar-refractivity contribution is 6.20. The highest BCUT2D eigenvalue weighted by Crippen LogP contribution is 2.15. The summed E-state index contributed by atoms with van der Waals surface area (Å²) in [4.78, 5) is 0. The predicted molar refractivity (Wildman–Crippen MR) is 84.7 cm³/mol. The third-order valence-electron chi connectivity index (χ3n) is 3.58. The Morgan fingerprint density at radius 1 is 0.773 bits per heavy atom. The predicted octanol–water partition coefficient (Wildman–Crippen LogP) is 2.48. The smallest absolute Gasteiger partial charge is 0.113 e. The summed E-state index contributed by atoms with van der Waals surface area (Å²) >= 11 is 6.49. The third-order valence-corrected chi connectivity index (χ3v) is 3.86. The largest absolute Gasteiger partial charge is 0.243 e. The first-order valence-electron chi connectivity index (χ1n) is 7.02. The quantitative estimate of drug-likeness (QED) is 0.543. The summed E-state index contributed by atoms with van der Waals surface area (Å²) in [6, 6.07) is 15.7. The van der Waals surface area contributed by atoms with Gasteiger partial charge in [0.05, 0.1) is 29.5 Å². The van der Waals surface area contributed by atoms with Gasteiger partial charge in [-0.3, -0.25) is 0 Å². The summed E-state index contributed by atoms with van der Waals surface area (Å²) in [6.07, 6.45) is 0. The number of benzene rings is 2. The summed E-state index contributed by atoms with van der Waals surface area (Å²) in [7, 11) is 0. The molecular weight excluding hydrogens is 300 g/mol. The third kappa shape index (κ3) is 2.31. The van der Waals surface area contributed by atoms with Gasteiger partial charge < -0.3 is 0 Å². The van der Waals surface area contributed by atoms with Crippen LogP contribution in [0, 0.1) is 0 Å². The lowest BCUT2D eigenvalue weighted by atomic mass is 10.3. The minimum Gasteiger partial charge on any atom is -0.243 e. The van der Waals surface area contributed by atoms with Gasteiger partial charge in [-0.2, -0.15) is 0 Å². The van der Waals surface area contributed by atoms with E-state index in [-0.39, 0.29) is 5.38 Å². The average molecular weight is 313 g/mol. The van der Waals surface area contributed by atoms with Crippen molar-refractivity contribution in [2.45, 2.75) is 18.5 Å². The molecule has 4 aromatic rings. The first-order valence-corrected chi connectivity index (χ1v) is 7.45. The Balaban J connectivity index is 1.56. The Morgan fingerprint density at radius 3 is 1.73 bits per heavy atom. The summed E-state index contributed by atoms with van der Waals surface area (Å²) in [5, 5.41) is 16.4. The molecule has 0 saturated carbocycles. The molecule has 0 bridgehead atoms. The molecule has 110 valence electrons. The van der Waals surface area contributed by atoms with E-state index in [2.05, 4.69) is 20.6 Å². The lowest BCUT2D eigenvalue weighted by Gasteiger charge is -2.10. The Kier molecular flexibility index (Phi) is 3.23. The molecule has 22 heavy (non-hydrogen) atoms. The van der Waals surface area contributed by atoms with E-state index >= 15 is 0 Å². The number of para-hydroxylation sites is 2. The molecule has 0 aliphatic carbocycles. The van der Waals surface area contributed by atoms with Crippen molar-refractivity contribution in [2.75, 3.05) is 0 Å². The Labute approximate surface area is 131 Å². The van der Waals surface area contributed by atoms with E-state index in [0.717, 1.165) is 22.1 Å². The number of hydrogen-bond acceptors (Lipinski definition) is 4. The van der Waals surface area contributed by atoms with Crippen molar-refractivity contribution in [2.24, 2.45) is 0 Å². The van der Waals surface area contributed by atoms with Crippen molar-refractivity contribution < 1.29 is 0 Å². The van der Waals surface area contributed by atoms with E-state index in [1.165, 1.54) is 0 Å². The number of nitrogens with zero attached hydrogens (tertiary/aromatic N) is 6. The molecule has 0 N–H and O–H groups in total. The highest BCUT2D eigenvalue weighted by atomic mass is 35.5. The van der Waals surface area contributed by atoms with Crippen molar-refractivity contribution in [3.63, 3.8) is 0 Å². The van der Waals surface area contributed by atoms with Crippen molar-refractivity contribution in [1.29, 1.82) is 0 Å². The van der Waals surface area contributed by atoms with Gasteiger partial charge in [-0.15, -0.1) is 21.8 Å². The molecule has 2 heterocycles. The molecule has 0 amide bonds. The molecule has 2 aromatic carbocycles. The molecule has 0 saturated heterocycles. The molecular formula is C15H13ClN6. The summed E-state index contributed by atoms with van der Waals surface area (Å²) in [6.45, 7) is 1.13. The van der Waals surface area contributed by atoms with Gasteiger partial charge in [-0.05, 0) is 24.3 Å². The molecule has 4 rings (SSSR count). The zero-order valence-corrected chi connectivity index (χ0v) is 12.4. The van der Waals surface area contributed by atoms with Crippen LogP contribution in [-0.4, -0.2) is 35.4 Å². The minimum atomic E-state index is -0.157. The molecule has 0 radical (unpaired) electrons. The van der Waals surface area contributed by atoms with E-state index < -0.39 is 0 Å². The van der Waals surface area contributed by atoms with Gasteiger partial charge in [-0.25, -0.2) is 9.36 Å². The van der Waals surface area contributed by atoms with Crippen LogP contribution >= 0.6 is 11.6 Å². The topological polar surface area (TPSA) is 61.4 Å². The number of aromatic nitrogens is 6. The molecule has 7 heteroatoms. The molecule has 2 aromatic heterocycles. The fourth-order valence-corrected chi connectivity index (χ4v) is 2.80. The number of rotatable bonds is 4. The monoisotopic (exact) mass is 312 g/mol. The molecule has 0 spiro atoms. The lowest BCUT2D eigenvalue weighted by Crippen LogP contribution is -2.19. The maximum atomic E-state index is 6.49. The molecule has 0 aliphatic heterocycles. The normalized spacial score (nSPS) is 11.7. The Morgan fingerprint density at radius 2 is 1.23 bits per heavy atom. The minimum absolute atomic E-state index is 0.157. The molecule has 6 nitrogen and oxygen atoms in total. The van der Waals surface area contributed by atoms with Crippen LogP contribution in [0.5, 0.6) is 0 Å². The van der Waals surface area contributed by atoms with E-state index in [1.54, 1.807) is 0 Å². The van der Waals surface area contributed by atoms with Crippen LogP contribution in [-0.2, 0) is 13.1 Å². The number of alkyl halides is 1. The van der Waals surface area contributed by atoms with Crippen molar-refractivity contribution in [3.8, 4) is 0 Å². The van der Waals surface area contributed by atoms with Crippen molar-refractivity contribution in [1.82, 2.24) is 30.0 Å². The molecule has 0 fully saturated rings. The molecule has 0 aliphatic rings. The molecule has 0 atom stereocenters. The summed E-state index contributed by atoms with van der Waals surface area (Å²) in [5.41, 5.74) is 3.71. The van der Waals surface area contributed by atoms with Crippen LogP contribution in [0.25, 0.3) is 22.1 Å². The average Bonchev–Trinajstić information content (AvgIpc) is 3.13. The van der Waals surface area contributed by atoms with Crippen LogP contribution in [0.4, 0.5) is 0 Å². The van der Waals surface area contributed by atoms with Gasteiger partial charge >= 0.3 is 0 Å². The summed E-state index contributed by atoms with van der Waals surface area (Å²) in [5.74, 6) is 0. The van der Waals surface area contributed by atoms with Gasteiger partial charge in [0.15, 0.2) is 0 Å². The van der Waals surface area contributed by atoms with Crippen LogP contribution in [0.1, 0.15) is 0 Å². The lowest BCUT2D eigenvalue weighted by molar-refractivity contribution is 0.506. The van der Waals surface area contributed by atoms with Crippen LogP contribution in [0.15, 0.2) is 48.5 Å². The Bertz CT molecular complexity index is 852. The summed E-state index contributed by atoms with van der Waals surface area (Å²) < 4.78 is 3.65. The molecule has 0 unspecified atom stereocenters. The maximum absolute atomic E-state index is 6.49.